The Morgan fingerprint density at radius 1 is 0.886 bits per heavy atom. The van der Waals surface area contributed by atoms with Gasteiger partial charge in [0.15, 0.2) is 0 Å². The predicted octanol–water partition coefficient (Wildman–Crippen LogP) is 8.87. The van der Waals surface area contributed by atoms with Crippen LogP contribution in [0.3, 0.4) is 0 Å². The molecule has 0 aliphatic rings. The van der Waals surface area contributed by atoms with E-state index in [1.54, 1.807) is 62.4 Å². The Labute approximate surface area is 248 Å². The van der Waals surface area contributed by atoms with Crippen molar-refractivity contribution >= 4 is 16.9 Å². The third kappa shape index (κ3) is 6.10. The number of ether oxygens (including phenoxy) is 1. The first kappa shape index (κ1) is 30.6. The number of rotatable bonds is 8. The summed E-state index contributed by atoms with van der Waals surface area (Å²) < 4.78 is 90.4. The number of aliphatic carboxylic acids is 1. The fourth-order valence-corrected chi connectivity index (χ4v) is 4.95. The van der Waals surface area contributed by atoms with Crippen molar-refractivity contribution in [2.45, 2.75) is 38.5 Å². The third-order valence-electron chi connectivity index (χ3n) is 7.49. The molecule has 1 heterocycles. The minimum Gasteiger partial charge on any atom is -0.489 e. The monoisotopic (exact) mass is 609 g/mol. The van der Waals surface area contributed by atoms with Gasteiger partial charge < -0.3 is 9.84 Å². The van der Waals surface area contributed by atoms with E-state index in [9.17, 15) is 36.2 Å². The van der Waals surface area contributed by atoms with Crippen LogP contribution < -0.4 is 4.74 Å². The highest BCUT2D eigenvalue weighted by molar-refractivity contribution is 5.98. The first-order chi connectivity index (χ1) is 20.8. The van der Waals surface area contributed by atoms with E-state index in [1.807, 2.05) is 0 Å². The molecule has 0 amide bonds. The van der Waals surface area contributed by atoms with Crippen LogP contribution in [0.2, 0.25) is 0 Å². The van der Waals surface area contributed by atoms with Gasteiger partial charge in [0.05, 0.1) is 16.5 Å². The Morgan fingerprint density at radius 3 is 2.18 bits per heavy atom. The lowest BCUT2D eigenvalue weighted by Crippen LogP contribution is -2.28. The number of carbonyl (C=O) groups is 1. The minimum atomic E-state index is -4.71. The average molecular weight is 610 g/mol. The highest BCUT2D eigenvalue weighted by Gasteiger charge is 2.34. The maximum absolute atomic E-state index is 14.6. The maximum Gasteiger partial charge on any atom is 0.418 e. The topological polar surface area (TPSA) is 59.4 Å². The van der Waals surface area contributed by atoms with Crippen molar-refractivity contribution in [2.75, 3.05) is 0 Å². The molecule has 0 spiro atoms. The van der Waals surface area contributed by atoms with E-state index in [-0.39, 0.29) is 28.6 Å². The molecule has 1 aromatic heterocycles. The fourth-order valence-electron chi connectivity index (χ4n) is 4.95. The van der Waals surface area contributed by atoms with Gasteiger partial charge in [-0.05, 0) is 59.9 Å². The number of carboxylic acid groups (broad SMARTS) is 1. The van der Waals surface area contributed by atoms with Gasteiger partial charge in [0.1, 0.15) is 29.8 Å². The van der Waals surface area contributed by atoms with Crippen LogP contribution in [-0.4, -0.2) is 16.1 Å². The number of alkyl halides is 3. The Bertz CT molecular complexity index is 1840. The third-order valence-corrected chi connectivity index (χ3v) is 7.49. The zero-order valence-corrected chi connectivity index (χ0v) is 23.5. The minimum absolute atomic E-state index is 0.103. The number of nitrogens with zero attached hydrogens (tertiary/aromatic N) is 1. The summed E-state index contributed by atoms with van der Waals surface area (Å²) in [4.78, 5) is 15.6. The fraction of sp³-hybridized carbons (Fsp3) is 0.176. The van der Waals surface area contributed by atoms with Gasteiger partial charge in [-0.1, -0.05) is 48.5 Å². The van der Waals surface area contributed by atoms with Crippen molar-refractivity contribution in [2.24, 2.45) is 0 Å². The molecule has 0 radical (unpaired) electrons. The van der Waals surface area contributed by atoms with E-state index in [1.165, 1.54) is 12.1 Å². The molecule has 0 bridgehead atoms. The molecule has 4 nitrogen and oxygen atoms in total. The number of aromatic nitrogens is 1. The molecule has 226 valence electrons. The molecule has 0 saturated carbocycles. The smallest absolute Gasteiger partial charge is 0.418 e. The van der Waals surface area contributed by atoms with E-state index >= 15 is 0 Å². The van der Waals surface area contributed by atoms with Gasteiger partial charge >= 0.3 is 12.1 Å². The second kappa shape index (κ2) is 11.7. The first-order valence-corrected chi connectivity index (χ1v) is 13.4. The van der Waals surface area contributed by atoms with Crippen LogP contribution in [0.15, 0.2) is 85.1 Å². The van der Waals surface area contributed by atoms with E-state index in [4.69, 9.17) is 4.74 Å². The van der Waals surface area contributed by atoms with Gasteiger partial charge in [-0.2, -0.15) is 13.2 Å². The molecule has 0 atom stereocenters. The molecule has 1 N–H and O–H groups in total. The van der Waals surface area contributed by atoms with E-state index in [2.05, 4.69) is 4.98 Å². The summed E-state index contributed by atoms with van der Waals surface area (Å²) in [7, 11) is 0. The summed E-state index contributed by atoms with van der Waals surface area (Å²) in [5.74, 6) is -3.96. The van der Waals surface area contributed by atoms with Gasteiger partial charge in [-0.15, -0.1) is 0 Å². The average Bonchev–Trinajstić information content (AvgIpc) is 2.97. The van der Waals surface area contributed by atoms with Crippen LogP contribution in [0.1, 0.15) is 41.7 Å². The van der Waals surface area contributed by atoms with Crippen LogP contribution in [0, 0.1) is 17.5 Å². The quantitative estimate of drug-likeness (QED) is 0.179. The number of fused-ring (bicyclic) bond motifs is 1. The van der Waals surface area contributed by atoms with Crippen LogP contribution in [0.5, 0.6) is 5.75 Å². The summed E-state index contributed by atoms with van der Waals surface area (Å²) in [5.41, 5.74) is -0.603. The van der Waals surface area contributed by atoms with Crippen molar-refractivity contribution in [3.8, 4) is 16.9 Å². The second-order valence-corrected chi connectivity index (χ2v) is 10.8. The summed E-state index contributed by atoms with van der Waals surface area (Å²) in [6.45, 7) is 3.30. The maximum atomic E-state index is 14.6. The Kier molecular flexibility index (Phi) is 8.11. The number of benzene rings is 4. The molecule has 0 unspecified atom stereocenters. The second-order valence-electron chi connectivity index (χ2n) is 10.8. The molecular weight excluding hydrogens is 584 g/mol. The molecule has 0 aliphatic carbocycles. The lowest BCUT2D eigenvalue weighted by Gasteiger charge is -2.20. The molecule has 10 heteroatoms. The summed E-state index contributed by atoms with van der Waals surface area (Å²) in [5, 5.41) is 9.57. The number of para-hydroxylation sites is 1. The SMILES string of the molecule is CC(C)(C(=O)O)c1ccc(COc2cccc(-c3c(Cc4c(F)cc(F)cc4F)cnc4c(C(F)(F)F)cccc34)c2)cc1. The summed E-state index contributed by atoms with van der Waals surface area (Å²) in [6, 6.07) is 18.0. The lowest BCUT2D eigenvalue weighted by atomic mass is 9.84. The first-order valence-electron chi connectivity index (χ1n) is 13.4. The normalized spacial score (nSPS) is 12.0. The zero-order valence-electron chi connectivity index (χ0n) is 23.5. The van der Waals surface area contributed by atoms with Gasteiger partial charge in [0, 0.05) is 35.7 Å². The molecule has 0 aliphatic heterocycles. The lowest BCUT2D eigenvalue weighted by molar-refractivity contribution is -0.142. The highest BCUT2D eigenvalue weighted by Crippen LogP contribution is 2.40. The van der Waals surface area contributed by atoms with Crippen molar-refractivity contribution < 1.29 is 41.0 Å². The number of halogens is 6. The molecule has 0 fully saturated rings. The number of hydrogen-bond acceptors (Lipinski definition) is 3. The van der Waals surface area contributed by atoms with E-state index in [0.717, 1.165) is 17.8 Å². The van der Waals surface area contributed by atoms with E-state index in [0.29, 0.717) is 29.0 Å². The number of pyridine rings is 1. The Balaban J connectivity index is 1.55. The molecule has 5 aromatic rings. The van der Waals surface area contributed by atoms with Crippen LogP contribution in [0.25, 0.3) is 22.0 Å². The van der Waals surface area contributed by atoms with Crippen LogP contribution in [0.4, 0.5) is 26.3 Å². The van der Waals surface area contributed by atoms with Gasteiger partial charge in [-0.25, -0.2) is 13.2 Å². The van der Waals surface area contributed by atoms with Gasteiger partial charge in [-0.3, -0.25) is 9.78 Å². The highest BCUT2D eigenvalue weighted by atomic mass is 19.4. The van der Waals surface area contributed by atoms with Crippen LogP contribution in [-0.2, 0) is 29.4 Å². The molecule has 5 rings (SSSR count). The molecule has 44 heavy (non-hydrogen) atoms. The largest absolute Gasteiger partial charge is 0.489 e. The summed E-state index contributed by atoms with van der Waals surface area (Å²) >= 11 is 0. The molecular formula is C34H25F6NO3. The zero-order chi connectivity index (χ0) is 31.8. The standard InChI is InChI=1S/C34H25F6NO3/c1-33(2,32(42)43)22-11-9-19(10-12-22)18-44-24-6-3-5-20(13-24)30-21(14-26-28(36)15-23(35)16-29(26)37)17-41-31-25(30)7-4-8-27(31)34(38,39)40/h3-13,15-17H,14,18H2,1-2H3,(H,42,43). The van der Waals surface area contributed by atoms with Crippen LogP contribution >= 0.6 is 0 Å². The Hall–Kier alpha value is -4.86. The van der Waals surface area contributed by atoms with Crippen molar-refractivity contribution in [1.29, 1.82) is 0 Å². The van der Waals surface area contributed by atoms with Crippen molar-refractivity contribution in [1.82, 2.24) is 4.98 Å². The van der Waals surface area contributed by atoms with Crippen molar-refractivity contribution in [3.05, 3.63) is 130 Å². The molecule has 4 aromatic carbocycles. The van der Waals surface area contributed by atoms with Crippen molar-refractivity contribution in [3.63, 3.8) is 0 Å². The van der Waals surface area contributed by atoms with E-state index < -0.39 is 52.6 Å². The van der Waals surface area contributed by atoms with Gasteiger partial charge in [0.25, 0.3) is 0 Å². The number of hydrogen-bond donors (Lipinski definition) is 1. The predicted molar refractivity (Wildman–Crippen MR) is 153 cm³/mol. The Morgan fingerprint density at radius 2 is 1.55 bits per heavy atom. The molecule has 0 saturated heterocycles. The summed E-state index contributed by atoms with van der Waals surface area (Å²) in [6.07, 6.45) is -3.97. The number of carboxylic acids is 1. The van der Waals surface area contributed by atoms with Gasteiger partial charge in [0.2, 0.25) is 0 Å².